The van der Waals surface area contributed by atoms with Crippen molar-refractivity contribution in [3.63, 3.8) is 0 Å². The molecule has 0 radical (unpaired) electrons. The highest BCUT2D eigenvalue weighted by Gasteiger charge is 2.49. The van der Waals surface area contributed by atoms with Crippen LogP contribution in [0.25, 0.3) is 5.76 Å². The number of Topliss-reactive ketones (excluding diaryl/α,β-unsaturated/α-hetero) is 1. The first-order valence-corrected chi connectivity index (χ1v) is 9.77. The van der Waals surface area contributed by atoms with Crippen LogP contribution in [0.1, 0.15) is 24.3 Å². The van der Waals surface area contributed by atoms with Crippen molar-refractivity contribution in [3.05, 3.63) is 83.8 Å². The van der Waals surface area contributed by atoms with Crippen LogP contribution in [0.15, 0.2) is 76.9 Å². The van der Waals surface area contributed by atoms with Crippen molar-refractivity contribution in [2.75, 3.05) is 18.6 Å². The van der Waals surface area contributed by atoms with E-state index >= 15 is 0 Å². The highest BCUT2D eigenvalue weighted by Crippen LogP contribution is 2.45. The fourth-order valence-electron chi connectivity index (χ4n) is 3.68. The van der Waals surface area contributed by atoms with E-state index in [0.717, 1.165) is 0 Å². The van der Waals surface area contributed by atoms with Crippen LogP contribution in [-0.4, -0.2) is 30.5 Å². The van der Waals surface area contributed by atoms with E-state index in [0.29, 0.717) is 35.1 Å². The number of aliphatic hydroxyl groups is 1. The molecule has 1 saturated heterocycles. The van der Waals surface area contributed by atoms with Gasteiger partial charge in [0.1, 0.15) is 29.1 Å². The Labute approximate surface area is 179 Å². The van der Waals surface area contributed by atoms with Gasteiger partial charge in [0.15, 0.2) is 0 Å². The van der Waals surface area contributed by atoms with Crippen molar-refractivity contribution in [3.8, 4) is 11.5 Å². The molecule has 1 fully saturated rings. The summed E-state index contributed by atoms with van der Waals surface area (Å²) in [6, 6.07) is 16.0. The average molecular weight is 419 g/mol. The quantitative estimate of drug-likeness (QED) is 0.364. The summed E-state index contributed by atoms with van der Waals surface area (Å²) in [7, 11) is 1.48. The number of ketones is 1. The molecular formula is C24H21NO6. The Kier molecular flexibility index (Phi) is 5.49. The predicted molar refractivity (Wildman–Crippen MR) is 114 cm³/mol. The van der Waals surface area contributed by atoms with Gasteiger partial charge in [0.05, 0.1) is 31.2 Å². The molecule has 31 heavy (non-hydrogen) atoms. The van der Waals surface area contributed by atoms with Gasteiger partial charge in [-0.1, -0.05) is 24.3 Å². The number of anilines is 1. The molecule has 7 heteroatoms. The molecule has 0 spiro atoms. The van der Waals surface area contributed by atoms with E-state index in [1.54, 1.807) is 60.7 Å². The zero-order valence-electron chi connectivity index (χ0n) is 17.1. The molecule has 7 nitrogen and oxygen atoms in total. The third-order valence-corrected chi connectivity index (χ3v) is 5.02. The number of ether oxygens (including phenoxy) is 2. The number of methoxy groups -OCH3 is 1. The van der Waals surface area contributed by atoms with Crippen LogP contribution < -0.4 is 14.4 Å². The Hall–Kier alpha value is -4.00. The summed E-state index contributed by atoms with van der Waals surface area (Å²) < 4.78 is 16.5. The summed E-state index contributed by atoms with van der Waals surface area (Å²) >= 11 is 0. The second-order valence-corrected chi connectivity index (χ2v) is 6.82. The molecule has 0 saturated carbocycles. The monoisotopic (exact) mass is 419 g/mol. The van der Waals surface area contributed by atoms with Crippen LogP contribution in [0.3, 0.4) is 0 Å². The van der Waals surface area contributed by atoms with Gasteiger partial charge in [-0.2, -0.15) is 0 Å². The van der Waals surface area contributed by atoms with Gasteiger partial charge in [-0.05, 0) is 43.3 Å². The van der Waals surface area contributed by atoms with Crippen molar-refractivity contribution in [1.29, 1.82) is 0 Å². The Morgan fingerprint density at radius 2 is 1.90 bits per heavy atom. The molecule has 0 aliphatic carbocycles. The average Bonchev–Trinajstić information content (AvgIpc) is 3.41. The molecule has 1 aliphatic heterocycles. The minimum absolute atomic E-state index is 0.0699. The molecule has 1 N–H and O–H groups in total. The summed E-state index contributed by atoms with van der Waals surface area (Å²) in [6.07, 6.45) is 1.45. The number of hydrogen-bond acceptors (Lipinski definition) is 6. The van der Waals surface area contributed by atoms with Gasteiger partial charge in [-0.15, -0.1) is 0 Å². The molecule has 2 heterocycles. The fourth-order valence-corrected chi connectivity index (χ4v) is 3.68. The van der Waals surface area contributed by atoms with Crippen LogP contribution in [0.2, 0.25) is 0 Å². The molecular weight excluding hydrogens is 398 g/mol. The lowest BCUT2D eigenvalue weighted by molar-refractivity contribution is -0.132. The van der Waals surface area contributed by atoms with Crippen LogP contribution in [0, 0.1) is 0 Å². The first-order chi connectivity index (χ1) is 15.1. The fraction of sp³-hybridized carbons (Fsp3) is 0.167. The van der Waals surface area contributed by atoms with Crippen LogP contribution >= 0.6 is 0 Å². The second-order valence-electron chi connectivity index (χ2n) is 6.82. The largest absolute Gasteiger partial charge is 0.507 e. The predicted octanol–water partition coefficient (Wildman–Crippen LogP) is 4.31. The third kappa shape index (κ3) is 3.54. The number of nitrogens with zero attached hydrogens (tertiary/aromatic N) is 1. The van der Waals surface area contributed by atoms with Gasteiger partial charge in [-0.25, -0.2) is 0 Å². The van der Waals surface area contributed by atoms with Crippen LogP contribution in [-0.2, 0) is 9.59 Å². The SMILES string of the molecule is CCOc1cccc(/C(O)=C2/C(=O)C(=O)N(c3ccccc3OC)C2c2ccco2)c1. The van der Waals surface area contributed by atoms with E-state index in [9.17, 15) is 14.7 Å². The normalized spacial score (nSPS) is 17.7. The van der Waals surface area contributed by atoms with Crippen molar-refractivity contribution >= 4 is 23.1 Å². The summed E-state index contributed by atoms with van der Waals surface area (Å²) in [5.41, 5.74) is 0.690. The summed E-state index contributed by atoms with van der Waals surface area (Å²) in [5, 5.41) is 11.1. The second kappa shape index (κ2) is 8.39. The number of carbonyl (C=O) groups is 2. The Balaban J connectivity index is 1.91. The molecule has 2 aromatic carbocycles. The van der Waals surface area contributed by atoms with Gasteiger partial charge >= 0.3 is 0 Å². The van der Waals surface area contributed by atoms with E-state index < -0.39 is 17.7 Å². The van der Waals surface area contributed by atoms with Crippen molar-refractivity contribution in [1.82, 2.24) is 0 Å². The van der Waals surface area contributed by atoms with Gasteiger partial charge in [0, 0.05) is 5.56 Å². The minimum atomic E-state index is -0.956. The van der Waals surface area contributed by atoms with Crippen molar-refractivity contribution in [2.24, 2.45) is 0 Å². The lowest BCUT2D eigenvalue weighted by Crippen LogP contribution is -2.29. The van der Waals surface area contributed by atoms with Crippen molar-refractivity contribution in [2.45, 2.75) is 13.0 Å². The lowest BCUT2D eigenvalue weighted by Gasteiger charge is -2.24. The number of furan rings is 1. The Bertz CT molecular complexity index is 1150. The number of carbonyl (C=O) groups excluding carboxylic acids is 2. The standard InChI is InChI=1S/C24H21NO6/c1-3-30-16-9-6-8-15(14-16)22(26)20-21(19-12-7-13-31-19)25(24(28)23(20)27)17-10-4-5-11-18(17)29-2/h4-14,21,26H,3H2,1-2H3/b22-20-. The molecule has 1 aliphatic rings. The number of amides is 1. The maximum absolute atomic E-state index is 13.1. The lowest BCUT2D eigenvalue weighted by atomic mass is 9.99. The van der Waals surface area contributed by atoms with E-state index in [-0.39, 0.29) is 11.3 Å². The molecule has 1 aromatic heterocycles. The van der Waals surface area contributed by atoms with Gasteiger partial charge in [0.25, 0.3) is 11.7 Å². The van der Waals surface area contributed by atoms with Crippen LogP contribution in [0.4, 0.5) is 5.69 Å². The van der Waals surface area contributed by atoms with Gasteiger partial charge in [-0.3, -0.25) is 14.5 Å². The van der Waals surface area contributed by atoms with Gasteiger partial charge < -0.3 is 19.0 Å². The van der Waals surface area contributed by atoms with Crippen LogP contribution in [0.5, 0.6) is 11.5 Å². The Morgan fingerprint density at radius 3 is 2.61 bits per heavy atom. The maximum atomic E-state index is 13.1. The van der Waals surface area contributed by atoms with Crippen molar-refractivity contribution < 1.29 is 28.6 Å². The molecule has 1 atom stereocenters. The van der Waals surface area contributed by atoms with E-state index in [1.807, 2.05) is 6.92 Å². The topological polar surface area (TPSA) is 89.2 Å². The molecule has 1 unspecified atom stereocenters. The molecule has 1 amide bonds. The minimum Gasteiger partial charge on any atom is -0.507 e. The number of benzene rings is 2. The smallest absolute Gasteiger partial charge is 0.300 e. The molecule has 3 aromatic rings. The van der Waals surface area contributed by atoms with Gasteiger partial charge in [0.2, 0.25) is 0 Å². The molecule has 158 valence electrons. The number of aliphatic hydroxyl groups excluding tert-OH is 1. The number of hydrogen-bond donors (Lipinski definition) is 1. The highest BCUT2D eigenvalue weighted by atomic mass is 16.5. The summed E-state index contributed by atoms with van der Waals surface area (Å²) in [5.74, 6) is -0.606. The van der Waals surface area contributed by atoms with E-state index in [2.05, 4.69) is 0 Å². The molecule has 0 bridgehead atoms. The summed E-state index contributed by atoms with van der Waals surface area (Å²) in [4.78, 5) is 27.5. The maximum Gasteiger partial charge on any atom is 0.300 e. The van der Waals surface area contributed by atoms with E-state index in [4.69, 9.17) is 13.9 Å². The number of rotatable bonds is 6. The Morgan fingerprint density at radius 1 is 1.10 bits per heavy atom. The number of para-hydroxylation sites is 2. The van der Waals surface area contributed by atoms with E-state index in [1.165, 1.54) is 18.3 Å². The first kappa shape index (κ1) is 20.3. The highest BCUT2D eigenvalue weighted by molar-refractivity contribution is 6.51. The zero-order chi connectivity index (χ0) is 22.0. The third-order valence-electron chi connectivity index (χ3n) is 5.02. The zero-order valence-corrected chi connectivity index (χ0v) is 17.1. The summed E-state index contributed by atoms with van der Waals surface area (Å²) in [6.45, 7) is 2.30. The molecule has 4 rings (SSSR count). The first-order valence-electron chi connectivity index (χ1n) is 9.77.